The van der Waals surface area contributed by atoms with Crippen LogP contribution in [0.4, 0.5) is 0 Å². The van der Waals surface area contributed by atoms with Gasteiger partial charge in [-0.3, -0.25) is 9.69 Å². The predicted molar refractivity (Wildman–Crippen MR) is 85.2 cm³/mol. The van der Waals surface area contributed by atoms with E-state index < -0.39 is 0 Å². The Labute approximate surface area is 129 Å². The van der Waals surface area contributed by atoms with Crippen LogP contribution in [0.2, 0.25) is 0 Å². The van der Waals surface area contributed by atoms with Crippen molar-refractivity contribution in [2.24, 2.45) is 11.8 Å². The van der Waals surface area contributed by atoms with Gasteiger partial charge in [0.1, 0.15) is 0 Å². The van der Waals surface area contributed by atoms with Gasteiger partial charge in [0.15, 0.2) is 0 Å². The maximum Gasteiger partial charge on any atom is 0.237 e. The van der Waals surface area contributed by atoms with Crippen LogP contribution >= 0.6 is 0 Å². The van der Waals surface area contributed by atoms with E-state index in [0.29, 0.717) is 18.5 Å². The van der Waals surface area contributed by atoms with Gasteiger partial charge in [-0.25, -0.2) is 0 Å². The fourth-order valence-electron chi connectivity index (χ4n) is 4.56. The minimum absolute atomic E-state index is 0.390. The molecule has 120 valence electrons. The number of carbonyl (C=O) groups is 1. The minimum Gasteiger partial charge on any atom is -0.338 e. The topological polar surface area (TPSA) is 35.6 Å². The van der Waals surface area contributed by atoms with Gasteiger partial charge in [-0.15, -0.1) is 0 Å². The Morgan fingerprint density at radius 1 is 1.05 bits per heavy atom. The Kier molecular flexibility index (Phi) is 5.17. The zero-order chi connectivity index (χ0) is 14.7. The Bertz CT molecular complexity index is 352. The fourth-order valence-corrected chi connectivity index (χ4v) is 4.56. The average molecular weight is 293 g/mol. The molecule has 4 heteroatoms. The van der Waals surface area contributed by atoms with Gasteiger partial charge >= 0.3 is 0 Å². The van der Waals surface area contributed by atoms with Crippen LogP contribution in [0.5, 0.6) is 0 Å². The molecule has 1 amide bonds. The molecule has 2 saturated heterocycles. The van der Waals surface area contributed by atoms with Gasteiger partial charge < -0.3 is 10.2 Å². The summed E-state index contributed by atoms with van der Waals surface area (Å²) in [4.78, 5) is 17.4. The second-order valence-electron chi connectivity index (χ2n) is 7.25. The summed E-state index contributed by atoms with van der Waals surface area (Å²) < 4.78 is 0. The molecule has 3 unspecified atom stereocenters. The summed E-state index contributed by atoms with van der Waals surface area (Å²) in [6, 6.07) is 0.542. The van der Waals surface area contributed by atoms with E-state index in [4.69, 9.17) is 0 Å². The Morgan fingerprint density at radius 3 is 2.81 bits per heavy atom. The number of fused-ring (bicyclic) bond motifs is 1. The molecule has 3 rings (SSSR count). The van der Waals surface area contributed by atoms with Crippen molar-refractivity contribution in [2.45, 2.75) is 51.5 Å². The standard InChI is InChI=1S/C17H31N3O/c1-14-7-11-20(16-6-3-2-5-15(14)16)17(21)13-19-10-4-8-18-9-12-19/h14-16,18H,2-13H2,1H3. The van der Waals surface area contributed by atoms with Gasteiger partial charge in [0.2, 0.25) is 5.91 Å². The highest BCUT2D eigenvalue weighted by molar-refractivity contribution is 5.78. The molecule has 2 heterocycles. The predicted octanol–water partition coefficient (Wildman–Crippen LogP) is 1.71. The molecule has 21 heavy (non-hydrogen) atoms. The van der Waals surface area contributed by atoms with Crippen LogP contribution in [0.25, 0.3) is 0 Å². The van der Waals surface area contributed by atoms with E-state index in [-0.39, 0.29) is 0 Å². The highest BCUT2D eigenvalue weighted by Gasteiger charge is 2.39. The molecular weight excluding hydrogens is 262 g/mol. The molecule has 0 aromatic carbocycles. The summed E-state index contributed by atoms with van der Waals surface area (Å²) in [5.74, 6) is 1.96. The first-order valence-corrected chi connectivity index (χ1v) is 8.98. The van der Waals surface area contributed by atoms with Crippen LogP contribution in [0.3, 0.4) is 0 Å². The summed E-state index contributed by atoms with van der Waals surface area (Å²) in [6.45, 7) is 8.23. The largest absolute Gasteiger partial charge is 0.338 e. The summed E-state index contributed by atoms with van der Waals surface area (Å²) >= 11 is 0. The van der Waals surface area contributed by atoms with Crippen molar-refractivity contribution in [3.63, 3.8) is 0 Å². The molecule has 3 atom stereocenters. The molecule has 4 nitrogen and oxygen atoms in total. The van der Waals surface area contributed by atoms with Gasteiger partial charge in [-0.1, -0.05) is 19.8 Å². The van der Waals surface area contributed by atoms with Gasteiger partial charge in [-0.2, -0.15) is 0 Å². The molecule has 0 aromatic heterocycles. The number of piperidine rings is 1. The molecule has 0 bridgehead atoms. The molecule has 1 aliphatic carbocycles. The van der Waals surface area contributed by atoms with Crippen LogP contribution in [0.1, 0.15) is 45.4 Å². The van der Waals surface area contributed by atoms with Gasteiger partial charge in [0.05, 0.1) is 6.54 Å². The van der Waals surface area contributed by atoms with Crippen molar-refractivity contribution in [1.29, 1.82) is 0 Å². The lowest BCUT2D eigenvalue weighted by Gasteiger charge is -2.47. The van der Waals surface area contributed by atoms with E-state index in [1.165, 1.54) is 32.1 Å². The van der Waals surface area contributed by atoms with Crippen molar-refractivity contribution >= 4 is 5.91 Å². The van der Waals surface area contributed by atoms with Crippen LogP contribution in [0, 0.1) is 11.8 Å². The van der Waals surface area contributed by atoms with E-state index in [9.17, 15) is 4.79 Å². The molecule has 1 saturated carbocycles. The molecule has 3 aliphatic rings. The Balaban J connectivity index is 1.60. The molecular formula is C17H31N3O. The number of likely N-dealkylation sites (tertiary alicyclic amines) is 1. The summed E-state index contributed by atoms with van der Waals surface area (Å²) in [6.07, 6.45) is 7.62. The molecule has 3 fully saturated rings. The zero-order valence-corrected chi connectivity index (χ0v) is 13.5. The lowest BCUT2D eigenvalue weighted by atomic mass is 9.72. The first-order chi connectivity index (χ1) is 10.3. The second kappa shape index (κ2) is 7.10. The highest BCUT2D eigenvalue weighted by atomic mass is 16.2. The monoisotopic (exact) mass is 293 g/mol. The van der Waals surface area contributed by atoms with Crippen molar-refractivity contribution in [2.75, 3.05) is 39.3 Å². The third-order valence-corrected chi connectivity index (χ3v) is 5.85. The van der Waals surface area contributed by atoms with Crippen molar-refractivity contribution in [3.05, 3.63) is 0 Å². The van der Waals surface area contributed by atoms with Crippen LogP contribution in [0.15, 0.2) is 0 Å². The van der Waals surface area contributed by atoms with E-state index in [1.54, 1.807) is 0 Å². The van der Waals surface area contributed by atoms with Crippen molar-refractivity contribution < 1.29 is 4.79 Å². The molecule has 0 spiro atoms. The quantitative estimate of drug-likeness (QED) is 0.842. The Hall–Kier alpha value is -0.610. The van der Waals surface area contributed by atoms with Crippen LogP contribution < -0.4 is 5.32 Å². The maximum absolute atomic E-state index is 12.8. The lowest BCUT2D eigenvalue weighted by molar-refractivity contribution is -0.140. The normalized spacial score (nSPS) is 35.1. The molecule has 1 N–H and O–H groups in total. The van der Waals surface area contributed by atoms with Gasteiger partial charge in [0, 0.05) is 25.7 Å². The van der Waals surface area contributed by atoms with Gasteiger partial charge in [0.25, 0.3) is 0 Å². The molecule has 0 radical (unpaired) electrons. The summed E-state index contributed by atoms with van der Waals surface area (Å²) in [5, 5.41) is 3.41. The van der Waals surface area contributed by atoms with E-state index >= 15 is 0 Å². The minimum atomic E-state index is 0.390. The number of amides is 1. The number of hydrogen-bond donors (Lipinski definition) is 1. The number of hydrogen-bond acceptors (Lipinski definition) is 3. The highest BCUT2D eigenvalue weighted by Crippen LogP contribution is 2.38. The zero-order valence-electron chi connectivity index (χ0n) is 13.5. The SMILES string of the molecule is CC1CCN(C(=O)CN2CCCNCC2)C2CCCCC12. The van der Waals surface area contributed by atoms with Crippen LogP contribution in [-0.2, 0) is 4.79 Å². The number of nitrogens with zero attached hydrogens (tertiary/aromatic N) is 2. The first-order valence-electron chi connectivity index (χ1n) is 8.98. The van der Waals surface area contributed by atoms with Crippen molar-refractivity contribution in [3.8, 4) is 0 Å². The van der Waals surface area contributed by atoms with E-state index in [2.05, 4.69) is 22.0 Å². The first kappa shape index (κ1) is 15.3. The van der Waals surface area contributed by atoms with E-state index in [1.807, 2.05) is 0 Å². The van der Waals surface area contributed by atoms with Crippen LogP contribution in [-0.4, -0.2) is 61.0 Å². The van der Waals surface area contributed by atoms with E-state index in [0.717, 1.165) is 51.0 Å². The number of nitrogens with one attached hydrogen (secondary N) is 1. The van der Waals surface area contributed by atoms with Gasteiger partial charge in [-0.05, 0) is 50.6 Å². The van der Waals surface area contributed by atoms with Crippen molar-refractivity contribution in [1.82, 2.24) is 15.1 Å². The number of rotatable bonds is 2. The second-order valence-corrected chi connectivity index (χ2v) is 7.25. The third kappa shape index (κ3) is 3.59. The maximum atomic E-state index is 12.8. The lowest BCUT2D eigenvalue weighted by Crippen LogP contribution is -2.54. The summed E-state index contributed by atoms with van der Waals surface area (Å²) in [5.41, 5.74) is 0. The molecule has 2 aliphatic heterocycles. The Morgan fingerprint density at radius 2 is 1.90 bits per heavy atom. The fraction of sp³-hybridized carbons (Fsp3) is 0.941. The number of carbonyl (C=O) groups excluding carboxylic acids is 1. The third-order valence-electron chi connectivity index (χ3n) is 5.85. The smallest absolute Gasteiger partial charge is 0.237 e. The average Bonchev–Trinajstić information content (AvgIpc) is 2.76. The summed E-state index contributed by atoms with van der Waals surface area (Å²) in [7, 11) is 0. The molecule has 0 aromatic rings.